The number of carbonyl (C=O) groups excluding carboxylic acids is 4. The largest absolute Gasteiger partial charge is 0.356 e. The molecule has 29 heavy (non-hydrogen) atoms. The maximum absolute atomic E-state index is 13.2. The summed E-state index contributed by atoms with van der Waals surface area (Å²) < 4.78 is 0. The van der Waals surface area contributed by atoms with Gasteiger partial charge in [-0.1, -0.05) is 33.1 Å². The molecule has 0 radical (unpaired) electrons. The predicted octanol–water partition coefficient (Wildman–Crippen LogP) is 0.997. The van der Waals surface area contributed by atoms with Crippen LogP contribution < -0.4 is 21.3 Å². The molecule has 0 unspecified atom stereocenters. The highest BCUT2D eigenvalue weighted by atomic mass is 16.2. The van der Waals surface area contributed by atoms with Gasteiger partial charge in [0.2, 0.25) is 23.6 Å². The van der Waals surface area contributed by atoms with Crippen LogP contribution in [-0.2, 0) is 19.2 Å². The van der Waals surface area contributed by atoms with Gasteiger partial charge in [-0.3, -0.25) is 19.2 Å². The minimum atomic E-state index is -1.16. The predicted molar refractivity (Wildman–Crippen MR) is 110 cm³/mol. The maximum atomic E-state index is 13.2. The van der Waals surface area contributed by atoms with E-state index in [0.29, 0.717) is 0 Å². The van der Waals surface area contributed by atoms with Gasteiger partial charge in [-0.2, -0.15) is 0 Å². The van der Waals surface area contributed by atoms with Gasteiger partial charge in [-0.25, -0.2) is 0 Å². The second kappa shape index (κ2) is 10.1. The van der Waals surface area contributed by atoms with Crippen molar-refractivity contribution in [3.63, 3.8) is 0 Å². The molecule has 4 amide bonds. The summed E-state index contributed by atoms with van der Waals surface area (Å²) in [5.74, 6) is -1.04. The SMILES string of the molecule is CC(C)[C@H]1CC(=O)NCCC(=O)NC(C)(C)C(=O)N[C@H](C2CCCCC2)C(=O)N1. The van der Waals surface area contributed by atoms with Crippen molar-refractivity contribution in [2.75, 3.05) is 6.54 Å². The van der Waals surface area contributed by atoms with Crippen molar-refractivity contribution in [1.82, 2.24) is 21.3 Å². The molecule has 1 aliphatic carbocycles. The van der Waals surface area contributed by atoms with Crippen molar-refractivity contribution in [3.05, 3.63) is 0 Å². The molecule has 1 aliphatic heterocycles. The molecule has 1 heterocycles. The molecule has 0 aromatic rings. The first-order valence-corrected chi connectivity index (χ1v) is 10.8. The van der Waals surface area contributed by atoms with Gasteiger partial charge >= 0.3 is 0 Å². The summed E-state index contributed by atoms with van der Waals surface area (Å²) in [6.45, 7) is 7.33. The van der Waals surface area contributed by atoms with Crippen LogP contribution in [0.2, 0.25) is 0 Å². The van der Waals surface area contributed by atoms with E-state index in [2.05, 4.69) is 21.3 Å². The zero-order chi connectivity index (χ0) is 21.6. The Morgan fingerprint density at radius 3 is 2.21 bits per heavy atom. The third kappa shape index (κ3) is 6.72. The summed E-state index contributed by atoms with van der Waals surface area (Å²) in [4.78, 5) is 50.6. The van der Waals surface area contributed by atoms with E-state index in [9.17, 15) is 19.2 Å². The fourth-order valence-electron chi connectivity index (χ4n) is 3.97. The number of carbonyl (C=O) groups is 4. The van der Waals surface area contributed by atoms with Crippen LogP contribution >= 0.6 is 0 Å². The van der Waals surface area contributed by atoms with E-state index in [1.807, 2.05) is 13.8 Å². The van der Waals surface area contributed by atoms with Crippen molar-refractivity contribution >= 4 is 23.6 Å². The molecule has 2 aliphatic rings. The van der Waals surface area contributed by atoms with Crippen molar-refractivity contribution in [3.8, 4) is 0 Å². The molecular weight excluding hydrogens is 372 g/mol. The fraction of sp³-hybridized carbons (Fsp3) is 0.810. The Kier molecular flexibility index (Phi) is 8.05. The maximum Gasteiger partial charge on any atom is 0.245 e. The van der Waals surface area contributed by atoms with Gasteiger partial charge in [0.1, 0.15) is 11.6 Å². The lowest BCUT2D eigenvalue weighted by Crippen LogP contribution is -2.62. The van der Waals surface area contributed by atoms with Crippen LogP contribution in [0.4, 0.5) is 0 Å². The van der Waals surface area contributed by atoms with Gasteiger partial charge in [-0.05, 0) is 38.5 Å². The Bertz CT molecular complexity index is 626. The molecular formula is C21H36N4O4. The zero-order valence-corrected chi connectivity index (χ0v) is 18.1. The van der Waals surface area contributed by atoms with Crippen LogP contribution in [0.1, 0.15) is 72.6 Å². The van der Waals surface area contributed by atoms with E-state index in [1.165, 1.54) is 0 Å². The Labute approximate surface area is 173 Å². The normalized spacial score (nSPS) is 28.0. The van der Waals surface area contributed by atoms with Gasteiger partial charge < -0.3 is 21.3 Å². The van der Waals surface area contributed by atoms with Crippen molar-refractivity contribution in [2.24, 2.45) is 11.8 Å². The van der Waals surface area contributed by atoms with Crippen LogP contribution in [0.25, 0.3) is 0 Å². The highest BCUT2D eigenvalue weighted by molar-refractivity contribution is 5.95. The fourth-order valence-corrected chi connectivity index (χ4v) is 3.97. The summed E-state index contributed by atoms with van der Waals surface area (Å²) in [7, 11) is 0. The van der Waals surface area contributed by atoms with Crippen LogP contribution in [-0.4, -0.2) is 47.8 Å². The average Bonchev–Trinajstić information content (AvgIpc) is 2.64. The molecule has 0 spiro atoms. The summed E-state index contributed by atoms with van der Waals surface area (Å²) in [6, 6.07) is -1.01. The standard InChI is InChI=1S/C21H36N4O4/c1-13(2)15-12-17(27)22-11-10-16(26)25-21(3,4)20(29)24-18(19(28)23-15)14-8-6-5-7-9-14/h13-15,18H,5-12H2,1-4H3,(H,22,27)(H,23,28)(H,24,29)(H,25,26)/t15-,18-/m1/s1. The topological polar surface area (TPSA) is 116 Å². The smallest absolute Gasteiger partial charge is 0.245 e. The first-order valence-electron chi connectivity index (χ1n) is 10.8. The lowest BCUT2D eigenvalue weighted by molar-refractivity contribution is -0.136. The third-order valence-electron chi connectivity index (χ3n) is 5.92. The van der Waals surface area contributed by atoms with Gasteiger partial charge in [0.15, 0.2) is 0 Å². The van der Waals surface area contributed by atoms with E-state index in [-0.39, 0.29) is 60.9 Å². The van der Waals surface area contributed by atoms with Gasteiger partial charge in [0.25, 0.3) is 0 Å². The van der Waals surface area contributed by atoms with Crippen LogP contribution in [0.3, 0.4) is 0 Å². The zero-order valence-electron chi connectivity index (χ0n) is 18.1. The Morgan fingerprint density at radius 2 is 1.59 bits per heavy atom. The minimum absolute atomic E-state index is 0.0498. The third-order valence-corrected chi connectivity index (χ3v) is 5.92. The first kappa shape index (κ1) is 23.2. The number of nitrogens with one attached hydrogen (secondary N) is 4. The number of hydrogen-bond donors (Lipinski definition) is 4. The lowest BCUT2D eigenvalue weighted by Gasteiger charge is -2.35. The number of rotatable bonds is 2. The van der Waals surface area contributed by atoms with Gasteiger partial charge in [0, 0.05) is 25.4 Å². The molecule has 8 nitrogen and oxygen atoms in total. The molecule has 2 rings (SSSR count). The number of hydrogen-bond acceptors (Lipinski definition) is 4. The van der Waals surface area contributed by atoms with Crippen LogP contribution in [0, 0.1) is 11.8 Å². The lowest BCUT2D eigenvalue weighted by atomic mass is 9.82. The summed E-state index contributed by atoms with van der Waals surface area (Å²) in [5, 5.41) is 11.3. The molecule has 2 atom stereocenters. The average molecular weight is 409 g/mol. The highest BCUT2D eigenvalue weighted by Crippen LogP contribution is 2.27. The van der Waals surface area contributed by atoms with E-state index < -0.39 is 11.6 Å². The van der Waals surface area contributed by atoms with E-state index >= 15 is 0 Å². The van der Waals surface area contributed by atoms with E-state index in [4.69, 9.17) is 0 Å². The molecule has 1 saturated carbocycles. The quantitative estimate of drug-likeness (QED) is 0.545. The van der Waals surface area contributed by atoms with Crippen LogP contribution in [0.15, 0.2) is 0 Å². The Morgan fingerprint density at radius 1 is 0.931 bits per heavy atom. The molecule has 0 aromatic heterocycles. The summed E-state index contributed by atoms with van der Waals surface area (Å²) in [6.07, 6.45) is 5.17. The molecule has 0 aromatic carbocycles. The Balaban J connectivity index is 2.29. The van der Waals surface area contributed by atoms with Gasteiger partial charge in [0.05, 0.1) is 0 Å². The highest BCUT2D eigenvalue weighted by Gasteiger charge is 2.37. The van der Waals surface area contributed by atoms with Crippen molar-refractivity contribution < 1.29 is 19.2 Å². The monoisotopic (exact) mass is 408 g/mol. The first-order chi connectivity index (χ1) is 13.6. The number of amides is 4. The summed E-state index contributed by atoms with van der Waals surface area (Å²) >= 11 is 0. The minimum Gasteiger partial charge on any atom is -0.356 e. The molecule has 2 fully saturated rings. The molecule has 1 saturated heterocycles. The second-order valence-electron chi connectivity index (χ2n) is 9.19. The van der Waals surface area contributed by atoms with Crippen LogP contribution in [0.5, 0.6) is 0 Å². The summed E-state index contributed by atoms with van der Waals surface area (Å²) in [5.41, 5.74) is -1.16. The van der Waals surface area contributed by atoms with Crippen molar-refractivity contribution in [1.29, 1.82) is 0 Å². The Hall–Kier alpha value is -2.12. The molecule has 4 N–H and O–H groups in total. The van der Waals surface area contributed by atoms with E-state index in [0.717, 1.165) is 32.1 Å². The van der Waals surface area contributed by atoms with E-state index in [1.54, 1.807) is 13.8 Å². The molecule has 8 heteroatoms. The molecule has 0 bridgehead atoms. The second-order valence-corrected chi connectivity index (χ2v) is 9.19. The van der Waals surface area contributed by atoms with Gasteiger partial charge in [-0.15, -0.1) is 0 Å². The van der Waals surface area contributed by atoms with Crippen molar-refractivity contribution in [2.45, 2.75) is 90.3 Å². The molecule has 164 valence electrons.